The van der Waals surface area contributed by atoms with Gasteiger partial charge in [0.15, 0.2) is 0 Å². The van der Waals surface area contributed by atoms with Crippen molar-refractivity contribution in [3.05, 3.63) is 21.6 Å². The van der Waals surface area contributed by atoms with Crippen LogP contribution in [-0.4, -0.2) is 29.5 Å². The minimum absolute atomic E-state index is 0.0190. The minimum Gasteiger partial charge on any atom is -0.380 e. The maximum atomic E-state index is 12.2. The molecule has 2 rings (SSSR count). The van der Waals surface area contributed by atoms with Crippen LogP contribution in [-0.2, 0) is 11.3 Å². The largest absolute Gasteiger partial charge is 0.380 e. The molecule has 5 nitrogen and oxygen atoms in total. The van der Waals surface area contributed by atoms with Crippen LogP contribution in [0.1, 0.15) is 19.8 Å². The summed E-state index contributed by atoms with van der Waals surface area (Å²) in [4.78, 5) is 12.2. The molecule has 0 aliphatic heterocycles. The summed E-state index contributed by atoms with van der Waals surface area (Å²) in [6.45, 7) is 3.15. The molecule has 1 aliphatic carbocycles. The molecule has 1 heterocycles. The molecule has 1 aromatic rings. The van der Waals surface area contributed by atoms with Crippen LogP contribution in [0.3, 0.4) is 0 Å². The Morgan fingerprint density at radius 1 is 1.67 bits per heavy atom. The second-order valence-electron chi connectivity index (χ2n) is 4.73. The zero-order valence-corrected chi connectivity index (χ0v) is 11.4. The van der Waals surface area contributed by atoms with Gasteiger partial charge < -0.3 is 10.1 Å². The van der Waals surface area contributed by atoms with Gasteiger partial charge in [-0.15, -0.1) is 0 Å². The van der Waals surface area contributed by atoms with E-state index >= 15 is 0 Å². The Morgan fingerprint density at radius 2 is 2.39 bits per heavy atom. The van der Waals surface area contributed by atoms with Crippen molar-refractivity contribution < 1.29 is 4.74 Å². The highest BCUT2D eigenvalue weighted by atomic mass is 35.5. The molecular weight excluding hydrogens is 254 g/mol. The summed E-state index contributed by atoms with van der Waals surface area (Å²) in [7, 11) is 1.63. The lowest BCUT2D eigenvalue weighted by atomic mass is 10.3. The zero-order chi connectivity index (χ0) is 13.1. The Bertz CT molecular complexity index is 471. The van der Waals surface area contributed by atoms with E-state index in [-0.39, 0.29) is 11.7 Å². The minimum atomic E-state index is -0.155. The Hall–Kier alpha value is -1.07. The first kappa shape index (κ1) is 13.4. The Labute approximate surface area is 111 Å². The highest BCUT2D eigenvalue weighted by molar-refractivity contribution is 6.32. The molecule has 1 atom stereocenters. The van der Waals surface area contributed by atoms with Gasteiger partial charge in [-0.25, -0.2) is 4.68 Å². The average molecular weight is 272 g/mol. The monoisotopic (exact) mass is 271 g/mol. The number of halogens is 1. The summed E-state index contributed by atoms with van der Waals surface area (Å²) >= 11 is 6.00. The number of nitrogens with one attached hydrogen (secondary N) is 1. The van der Waals surface area contributed by atoms with Crippen molar-refractivity contribution in [3.8, 4) is 0 Å². The van der Waals surface area contributed by atoms with Crippen molar-refractivity contribution in [2.24, 2.45) is 5.92 Å². The van der Waals surface area contributed by atoms with Gasteiger partial charge in [-0.3, -0.25) is 4.79 Å². The predicted molar refractivity (Wildman–Crippen MR) is 71.2 cm³/mol. The first-order chi connectivity index (χ1) is 8.61. The lowest BCUT2D eigenvalue weighted by molar-refractivity contribution is 0.129. The summed E-state index contributed by atoms with van der Waals surface area (Å²) in [6.07, 6.45) is 3.90. The van der Waals surface area contributed by atoms with Crippen LogP contribution in [0, 0.1) is 5.92 Å². The third-order valence-electron chi connectivity index (χ3n) is 3.09. The van der Waals surface area contributed by atoms with E-state index in [0.717, 1.165) is 0 Å². The van der Waals surface area contributed by atoms with Gasteiger partial charge in [-0.1, -0.05) is 11.6 Å². The fraction of sp³-hybridized carbons (Fsp3) is 0.667. The van der Waals surface area contributed by atoms with Gasteiger partial charge in [-0.05, 0) is 25.7 Å². The predicted octanol–water partition coefficient (Wildman–Crippen LogP) is 1.75. The van der Waals surface area contributed by atoms with E-state index in [9.17, 15) is 4.79 Å². The van der Waals surface area contributed by atoms with Gasteiger partial charge in [0.1, 0.15) is 5.69 Å². The number of ether oxygens (including phenoxy) is 1. The quantitative estimate of drug-likeness (QED) is 0.856. The van der Waals surface area contributed by atoms with Crippen LogP contribution in [0.2, 0.25) is 5.02 Å². The van der Waals surface area contributed by atoms with Crippen molar-refractivity contribution in [3.63, 3.8) is 0 Å². The first-order valence-electron chi connectivity index (χ1n) is 6.14. The molecule has 18 heavy (non-hydrogen) atoms. The fourth-order valence-corrected chi connectivity index (χ4v) is 1.82. The molecule has 0 saturated heterocycles. The molecule has 1 fully saturated rings. The van der Waals surface area contributed by atoms with Crippen molar-refractivity contribution in [1.82, 2.24) is 9.78 Å². The number of aromatic nitrogens is 2. The normalized spacial score (nSPS) is 16.6. The molecule has 100 valence electrons. The van der Waals surface area contributed by atoms with Gasteiger partial charge in [0, 0.05) is 20.2 Å². The lowest BCUT2D eigenvalue weighted by Crippen LogP contribution is -2.29. The number of anilines is 1. The highest BCUT2D eigenvalue weighted by Gasteiger charge is 2.23. The molecule has 1 aliphatic rings. The summed E-state index contributed by atoms with van der Waals surface area (Å²) < 4.78 is 6.62. The SMILES string of the molecule is COC(C)CNc1c(Cl)cnn(CC2CC2)c1=O. The maximum absolute atomic E-state index is 12.2. The number of hydrogen-bond donors (Lipinski definition) is 1. The van der Waals surface area contributed by atoms with E-state index < -0.39 is 0 Å². The van der Waals surface area contributed by atoms with Crippen molar-refractivity contribution in [2.45, 2.75) is 32.4 Å². The van der Waals surface area contributed by atoms with Gasteiger partial charge in [0.2, 0.25) is 0 Å². The molecule has 1 unspecified atom stereocenters. The van der Waals surface area contributed by atoms with Gasteiger partial charge in [-0.2, -0.15) is 5.10 Å². The first-order valence-corrected chi connectivity index (χ1v) is 6.52. The van der Waals surface area contributed by atoms with E-state index in [1.54, 1.807) is 7.11 Å². The second-order valence-corrected chi connectivity index (χ2v) is 5.13. The number of rotatable bonds is 6. The lowest BCUT2D eigenvalue weighted by Gasteiger charge is -2.13. The molecule has 0 radical (unpaired) electrons. The topological polar surface area (TPSA) is 56.1 Å². The summed E-state index contributed by atoms with van der Waals surface area (Å²) in [6, 6.07) is 0. The molecule has 1 N–H and O–H groups in total. The van der Waals surface area contributed by atoms with E-state index in [1.165, 1.54) is 23.7 Å². The Balaban J connectivity index is 2.13. The van der Waals surface area contributed by atoms with Crippen LogP contribution < -0.4 is 10.9 Å². The molecule has 6 heteroatoms. The van der Waals surface area contributed by atoms with Crippen molar-refractivity contribution in [1.29, 1.82) is 0 Å². The highest BCUT2D eigenvalue weighted by Crippen LogP contribution is 2.30. The molecule has 1 saturated carbocycles. The van der Waals surface area contributed by atoms with E-state index in [4.69, 9.17) is 16.3 Å². The van der Waals surface area contributed by atoms with Crippen LogP contribution in [0.5, 0.6) is 0 Å². The van der Waals surface area contributed by atoms with Crippen LogP contribution >= 0.6 is 11.6 Å². The summed E-state index contributed by atoms with van der Waals surface area (Å²) in [5.41, 5.74) is 0.258. The summed E-state index contributed by atoms with van der Waals surface area (Å²) in [5.74, 6) is 0.599. The molecule has 1 aromatic heterocycles. The van der Waals surface area contributed by atoms with E-state index in [1.807, 2.05) is 6.92 Å². The smallest absolute Gasteiger partial charge is 0.291 e. The van der Waals surface area contributed by atoms with E-state index in [0.29, 0.717) is 29.7 Å². The third-order valence-corrected chi connectivity index (χ3v) is 3.38. The Morgan fingerprint density at radius 3 is 3.00 bits per heavy atom. The molecule has 0 bridgehead atoms. The van der Waals surface area contributed by atoms with E-state index in [2.05, 4.69) is 10.4 Å². The number of methoxy groups -OCH3 is 1. The molecular formula is C12H18ClN3O2. The third kappa shape index (κ3) is 3.23. The number of hydrogen-bond acceptors (Lipinski definition) is 4. The maximum Gasteiger partial charge on any atom is 0.291 e. The van der Waals surface area contributed by atoms with Gasteiger partial charge >= 0.3 is 0 Å². The standard InChI is InChI=1S/C12H18ClN3O2/c1-8(18-2)5-14-11-10(13)6-15-16(12(11)17)7-9-3-4-9/h6,8-9,14H,3-5,7H2,1-2H3. The van der Waals surface area contributed by atoms with Gasteiger partial charge in [0.25, 0.3) is 5.56 Å². The van der Waals surface area contributed by atoms with Gasteiger partial charge in [0.05, 0.1) is 17.3 Å². The van der Waals surface area contributed by atoms with Crippen molar-refractivity contribution in [2.75, 3.05) is 19.0 Å². The number of nitrogens with zero attached hydrogens (tertiary/aromatic N) is 2. The molecule has 0 spiro atoms. The van der Waals surface area contributed by atoms with Crippen LogP contribution in [0.15, 0.2) is 11.0 Å². The average Bonchev–Trinajstić information content (AvgIpc) is 3.16. The second kappa shape index (κ2) is 5.71. The Kier molecular flexibility index (Phi) is 4.24. The zero-order valence-electron chi connectivity index (χ0n) is 10.6. The summed E-state index contributed by atoms with van der Waals surface area (Å²) in [5, 5.41) is 7.46. The molecule has 0 amide bonds. The molecule has 0 aromatic carbocycles. The van der Waals surface area contributed by atoms with Crippen molar-refractivity contribution >= 4 is 17.3 Å². The van der Waals surface area contributed by atoms with Crippen LogP contribution in [0.4, 0.5) is 5.69 Å². The van der Waals surface area contributed by atoms with Crippen LogP contribution in [0.25, 0.3) is 0 Å². The fourth-order valence-electron chi connectivity index (χ4n) is 1.63.